The second-order valence-corrected chi connectivity index (χ2v) is 4.02. The molecule has 14 heavy (non-hydrogen) atoms. The average Bonchev–Trinajstić information content (AvgIpc) is 1.91. The van der Waals surface area contributed by atoms with E-state index in [0.29, 0.717) is 19.8 Å². The van der Waals surface area contributed by atoms with Gasteiger partial charge in [-0.1, -0.05) is 0 Å². The molecular formula is C7H14BF3KNO. The molecule has 1 rings (SSSR count). The molecule has 0 N–H and O–H groups in total. The Morgan fingerprint density at radius 1 is 1.36 bits per heavy atom. The van der Waals surface area contributed by atoms with Crippen LogP contribution < -0.4 is 51.4 Å². The number of halogens is 3. The zero-order valence-corrected chi connectivity index (χ0v) is 12.0. The van der Waals surface area contributed by atoms with Gasteiger partial charge in [0.1, 0.15) is 0 Å². The Morgan fingerprint density at radius 2 is 1.93 bits per heavy atom. The van der Waals surface area contributed by atoms with E-state index in [4.69, 9.17) is 4.74 Å². The Morgan fingerprint density at radius 3 is 2.36 bits per heavy atom. The van der Waals surface area contributed by atoms with Gasteiger partial charge >= 0.3 is 58.4 Å². The number of ether oxygens (including phenoxy) is 1. The van der Waals surface area contributed by atoms with Crippen molar-refractivity contribution < 1.29 is 69.1 Å². The van der Waals surface area contributed by atoms with E-state index in [9.17, 15) is 12.9 Å². The Hall–Kier alpha value is 1.41. The summed E-state index contributed by atoms with van der Waals surface area (Å²) in [6.45, 7) is -0.0369. The van der Waals surface area contributed by atoms with Crippen LogP contribution >= 0.6 is 0 Å². The summed E-state index contributed by atoms with van der Waals surface area (Å²) >= 11 is 0. The first kappa shape index (κ1) is 15.4. The summed E-state index contributed by atoms with van der Waals surface area (Å²) in [7, 11) is 0. The molecule has 1 heterocycles. The van der Waals surface area contributed by atoms with Crippen molar-refractivity contribution in [3.05, 3.63) is 0 Å². The molecule has 0 saturated carbocycles. The van der Waals surface area contributed by atoms with Crippen LogP contribution in [0.1, 0.15) is 13.8 Å². The van der Waals surface area contributed by atoms with Gasteiger partial charge in [-0.05, 0) is 20.3 Å². The van der Waals surface area contributed by atoms with E-state index >= 15 is 0 Å². The van der Waals surface area contributed by atoms with Gasteiger partial charge in [0.15, 0.2) is 0 Å². The normalized spacial score (nSPS) is 22.9. The van der Waals surface area contributed by atoms with Crippen LogP contribution in [-0.2, 0) is 4.74 Å². The summed E-state index contributed by atoms with van der Waals surface area (Å²) in [4.78, 5) is 1.44. The van der Waals surface area contributed by atoms with Gasteiger partial charge in [0.2, 0.25) is 0 Å². The molecule has 0 aromatic heterocycles. The monoisotopic (exact) mass is 235 g/mol. The van der Waals surface area contributed by atoms with E-state index in [-0.39, 0.29) is 51.4 Å². The van der Waals surface area contributed by atoms with Crippen molar-refractivity contribution in [1.29, 1.82) is 0 Å². The zero-order valence-electron chi connectivity index (χ0n) is 8.90. The van der Waals surface area contributed by atoms with Gasteiger partial charge in [-0.25, -0.2) is 0 Å². The predicted molar refractivity (Wildman–Crippen MR) is 45.5 cm³/mol. The topological polar surface area (TPSA) is 12.5 Å². The van der Waals surface area contributed by atoms with Crippen LogP contribution in [-0.4, -0.2) is 43.6 Å². The molecule has 1 fully saturated rings. The second-order valence-electron chi connectivity index (χ2n) is 4.02. The maximum absolute atomic E-state index is 12.2. The Kier molecular flexibility index (Phi) is 6.22. The number of rotatable bonds is 2. The third kappa shape index (κ3) is 4.96. The molecule has 2 nitrogen and oxygen atoms in total. The molecular weight excluding hydrogens is 221 g/mol. The fourth-order valence-corrected chi connectivity index (χ4v) is 1.48. The fourth-order valence-electron chi connectivity index (χ4n) is 1.48. The van der Waals surface area contributed by atoms with E-state index in [1.165, 1.54) is 4.90 Å². The molecule has 0 aliphatic carbocycles. The molecule has 0 radical (unpaired) electrons. The molecule has 0 bridgehead atoms. The number of morpholine rings is 1. The number of hydrogen-bond donors (Lipinski definition) is 0. The van der Waals surface area contributed by atoms with Crippen LogP contribution in [0.25, 0.3) is 0 Å². The molecule has 0 atom stereocenters. The van der Waals surface area contributed by atoms with Gasteiger partial charge in [-0.2, -0.15) is 0 Å². The van der Waals surface area contributed by atoms with E-state index in [1.54, 1.807) is 13.8 Å². The maximum atomic E-state index is 12.2. The van der Waals surface area contributed by atoms with E-state index in [1.807, 2.05) is 0 Å². The molecule has 1 aliphatic rings. The van der Waals surface area contributed by atoms with Crippen LogP contribution in [0.5, 0.6) is 0 Å². The van der Waals surface area contributed by atoms with Crippen LogP contribution in [0, 0.1) is 0 Å². The molecule has 0 spiro atoms. The first-order valence-corrected chi connectivity index (χ1v) is 4.35. The van der Waals surface area contributed by atoms with Crippen LogP contribution in [0.15, 0.2) is 0 Å². The molecule has 78 valence electrons. The number of hydrogen-bond acceptors (Lipinski definition) is 2. The van der Waals surface area contributed by atoms with Crippen molar-refractivity contribution in [3.63, 3.8) is 0 Å². The van der Waals surface area contributed by atoms with Crippen molar-refractivity contribution in [1.82, 2.24) is 4.90 Å². The van der Waals surface area contributed by atoms with Gasteiger partial charge in [-0.15, -0.1) is 0 Å². The molecule has 1 saturated heterocycles. The number of nitrogens with zero attached hydrogens (tertiary/aromatic N) is 1. The Bertz CT molecular complexity index is 188. The Balaban J connectivity index is 0.00000169. The van der Waals surface area contributed by atoms with Gasteiger partial charge < -0.3 is 22.6 Å². The minimum Gasteiger partial charge on any atom is -0.448 e. The first-order chi connectivity index (χ1) is 5.81. The van der Waals surface area contributed by atoms with Gasteiger partial charge in [-0.3, -0.25) is 0 Å². The summed E-state index contributed by atoms with van der Waals surface area (Å²) in [5.41, 5.74) is -0.491. The quantitative estimate of drug-likeness (QED) is 0.539. The summed E-state index contributed by atoms with van der Waals surface area (Å²) in [5, 5.41) is 0. The van der Waals surface area contributed by atoms with Crippen molar-refractivity contribution in [2.24, 2.45) is 0 Å². The van der Waals surface area contributed by atoms with E-state index in [2.05, 4.69) is 0 Å². The third-order valence-electron chi connectivity index (χ3n) is 2.24. The standard InChI is InChI=1S/C7H14BF3NO.K/c1-7(2)5-13-4-3-12(7)6-8(9,10)11;/h3-6H2,1-2H3;/q-1;+1. The van der Waals surface area contributed by atoms with Gasteiger partial charge in [0.05, 0.1) is 13.2 Å². The maximum Gasteiger partial charge on any atom is 1.00 e. The minimum atomic E-state index is -4.72. The zero-order chi connectivity index (χ0) is 10.1. The van der Waals surface area contributed by atoms with Crippen LogP contribution in [0.4, 0.5) is 12.9 Å². The predicted octanol–water partition coefficient (Wildman–Crippen LogP) is -1.51. The summed E-state index contributed by atoms with van der Waals surface area (Å²) in [6, 6.07) is 0. The molecule has 0 amide bonds. The van der Waals surface area contributed by atoms with Crippen LogP contribution in [0.2, 0.25) is 0 Å². The third-order valence-corrected chi connectivity index (χ3v) is 2.24. The second kappa shape index (κ2) is 5.65. The smallest absolute Gasteiger partial charge is 0.448 e. The Labute approximate surface area is 125 Å². The fraction of sp³-hybridized carbons (Fsp3) is 1.00. The molecule has 0 aromatic rings. The molecule has 1 aliphatic heterocycles. The van der Waals surface area contributed by atoms with Crippen molar-refractivity contribution in [2.45, 2.75) is 19.4 Å². The first-order valence-electron chi connectivity index (χ1n) is 4.35. The minimum absolute atomic E-state index is 0. The van der Waals surface area contributed by atoms with E-state index < -0.39 is 19.0 Å². The van der Waals surface area contributed by atoms with Crippen LogP contribution in [0.3, 0.4) is 0 Å². The van der Waals surface area contributed by atoms with Crippen molar-refractivity contribution in [3.8, 4) is 0 Å². The van der Waals surface area contributed by atoms with E-state index in [0.717, 1.165) is 0 Å². The summed E-state index contributed by atoms with van der Waals surface area (Å²) in [5.74, 6) is 0. The summed E-state index contributed by atoms with van der Waals surface area (Å²) in [6.07, 6.45) is -0.781. The summed E-state index contributed by atoms with van der Waals surface area (Å²) < 4.78 is 41.6. The van der Waals surface area contributed by atoms with Gasteiger partial charge in [0.25, 0.3) is 0 Å². The molecule has 0 unspecified atom stereocenters. The van der Waals surface area contributed by atoms with Gasteiger partial charge in [0, 0.05) is 12.1 Å². The SMILES string of the molecule is CC1(C)COCCN1C[B-](F)(F)F.[K+]. The molecule has 7 heteroatoms. The molecule has 0 aromatic carbocycles. The van der Waals surface area contributed by atoms with Crippen molar-refractivity contribution >= 4 is 6.98 Å². The largest absolute Gasteiger partial charge is 1.00 e. The van der Waals surface area contributed by atoms with Crippen molar-refractivity contribution in [2.75, 3.05) is 26.2 Å². The average molecular weight is 235 g/mol.